The molecule has 2 N–H and O–H groups in total. The van der Waals surface area contributed by atoms with Crippen molar-refractivity contribution in [2.75, 3.05) is 6.54 Å². The predicted octanol–water partition coefficient (Wildman–Crippen LogP) is 1.32. The van der Waals surface area contributed by atoms with Crippen molar-refractivity contribution in [3.8, 4) is 0 Å². The van der Waals surface area contributed by atoms with Gasteiger partial charge in [0.15, 0.2) is 6.10 Å². The molecule has 0 heterocycles. The maximum Gasteiger partial charge on any atom is 0.416 e. The fourth-order valence-electron chi connectivity index (χ4n) is 1.61. The fraction of sp³-hybridized carbons (Fsp3) is 0.462. The van der Waals surface area contributed by atoms with Gasteiger partial charge in [0, 0.05) is 6.54 Å². The Bertz CT molecular complexity index is 434. The Morgan fingerprint density at radius 3 is 2.25 bits per heavy atom. The van der Waals surface area contributed by atoms with Crippen LogP contribution >= 0.6 is 0 Å². The van der Waals surface area contributed by atoms with Gasteiger partial charge < -0.3 is 15.1 Å². The molecule has 1 amide bonds. The van der Waals surface area contributed by atoms with E-state index < -0.39 is 30.8 Å². The van der Waals surface area contributed by atoms with E-state index in [1.54, 1.807) is 30.3 Å². The normalized spacial score (nSPS) is 14.7. The number of rotatable bonds is 5. The van der Waals surface area contributed by atoms with Gasteiger partial charge in [-0.1, -0.05) is 30.3 Å². The maximum absolute atomic E-state index is 12.4. The molecule has 0 saturated carbocycles. The quantitative estimate of drug-likeness (QED) is 0.860. The van der Waals surface area contributed by atoms with Gasteiger partial charge in [-0.15, -0.1) is 0 Å². The summed E-state index contributed by atoms with van der Waals surface area (Å²) in [6.07, 6.45) is -8.89. The summed E-state index contributed by atoms with van der Waals surface area (Å²) in [4.78, 5) is 12.5. The zero-order chi connectivity index (χ0) is 15.3. The number of halogens is 3. The van der Waals surface area contributed by atoms with Gasteiger partial charge in [0.1, 0.15) is 6.10 Å². The lowest BCUT2D eigenvalue weighted by molar-refractivity contribution is -0.209. The van der Waals surface area contributed by atoms with Crippen molar-refractivity contribution >= 4 is 5.91 Å². The van der Waals surface area contributed by atoms with Gasteiger partial charge in [-0.2, -0.15) is 13.2 Å². The van der Waals surface area contributed by atoms with Crippen LogP contribution in [0.5, 0.6) is 0 Å². The highest BCUT2D eigenvalue weighted by atomic mass is 19.4. The zero-order valence-corrected chi connectivity index (χ0v) is 10.8. The van der Waals surface area contributed by atoms with Crippen LogP contribution in [-0.4, -0.2) is 45.9 Å². The number of hydrogen-bond acceptors (Lipinski definition) is 3. The van der Waals surface area contributed by atoms with E-state index in [1.165, 1.54) is 6.92 Å². The number of hydrogen-bond donors (Lipinski definition) is 2. The van der Waals surface area contributed by atoms with Crippen LogP contribution in [0.15, 0.2) is 30.3 Å². The number of amides is 1. The molecular formula is C13H16F3NO3. The lowest BCUT2D eigenvalue weighted by Crippen LogP contribution is -2.46. The number of carbonyl (C=O) groups is 1. The summed E-state index contributed by atoms with van der Waals surface area (Å²) in [5.41, 5.74) is 0.607. The van der Waals surface area contributed by atoms with E-state index in [-0.39, 0.29) is 6.54 Å². The van der Waals surface area contributed by atoms with Gasteiger partial charge in [-0.25, -0.2) is 0 Å². The second-order valence-corrected chi connectivity index (χ2v) is 4.44. The Labute approximate surface area is 114 Å². The summed E-state index contributed by atoms with van der Waals surface area (Å²) in [5, 5.41) is 18.3. The number of aliphatic hydroxyl groups is 2. The Morgan fingerprint density at radius 2 is 1.80 bits per heavy atom. The molecule has 0 saturated heterocycles. The summed E-state index contributed by atoms with van der Waals surface area (Å²) in [5.74, 6) is -0.864. The molecule has 0 spiro atoms. The molecule has 20 heavy (non-hydrogen) atoms. The standard InChI is InChI=1S/C13H16F3NO3/c1-9(18)12(20)17(8-11(19)13(14,15)16)7-10-5-3-2-4-6-10/h2-6,9,11,18-19H,7-8H2,1H3. The minimum absolute atomic E-state index is 0.113. The molecule has 2 unspecified atom stereocenters. The van der Waals surface area contributed by atoms with Crippen molar-refractivity contribution < 1.29 is 28.2 Å². The number of benzene rings is 1. The van der Waals surface area contributed by atoms with Crippen molar-refractivity contribution in [3.05, 3.63) is 35.9 Å². The molecule has 7 heteroatoms. The minimum Gasteiger partial charge on any atom is -0.384 e. The van der Waals surface area contributed by atoms with E-state index in [1.807, 2.05) is 0 Å². The number of aliphatic hydroxyl groups excluding tert-OH is 2. The SMILES string of the molecule is CC(O)C(=O)N(Cc1ccccc1)CC(O)C(F)(F)F. The van der Waals surface area contributed by atoms with Gasteiger partial charge >= 0.3 is 6.18 Å². The summed E-state index contributed by atoms with van der Waals surface area (Å²) >= 11 is 0. The van der Waals surface area contributed by atoms with E-state index in [4.69, 9.17) is 5.11 Å². The first kappa shape index (κ1) is 16.5. The van der Waals surface area contributed by atoms with E-state index in [9.17, 15) is 23.1 Å². The first-order valence-electron chi connectivity index (χ1n) is 5.97. The number of alkyl halides is 3. The Balaban J connectivity index is 2.84. The van der Waals surface area contributed by atoms with Crippen LogP contribution in [0.4, 0.5) is 13.2 Å². The average molecular weight is 291 g/mol. The van der Waals surface area contributed by atoms with Gasteiger partial charge in [0.05, 0.1) is 6.54 Å². The molecule has 0 aliphatic carbocycles. The molecule has 0 radical (unpaired) electrons. The zero-order valence-electron chi connectivity index (χ0n) is 10.8. The van der Waals surface area contributed by atoms with E-state index in [0.29, 0.717) is 5.56 Å². The van der Waals surface area contributed by atoms with Crippen molar-refractivity contribution in [3.63, 3.8) is 0 Å². The van der Waals surface area contributed by atoms with Gasteiger partial charge in [0.2, 0.25) is 0 Å². The van der Waals surface area contributed by atoms with Crippen molar-refractivity contribution in [1.29, 1.82) is 0 Å². The van der Waals surface area contributed by atoms with Crippen LogP contribution in [-0.2, 0) is 11.3 Å². The molecule has 0 fully saturated rings. The molecule has 112 valence electrons. The second kappa shape index (κ2) is 6.71. The molecule has 0 bridgehead atoms. The van der Waals surface area contributed by atoms with Crippen LogP contribution in [0.1, 0.15) is 12.5 Å². The molecule has 1 aromatic rings. The van der Waals surface area contributed by atoms with Crippen LogP contribution in [0.2, 0.25) is 0 Å². The molecule has 4 nitrogen and oxygen atoms in total. The smallest absolute Gasteiger partial charge is 0.384 e. The topological polar surface area (TPSA) is 60.8 Å². The first-order valence-corrected chi connectivity index (χ1v) is 5.97. The van der Waals surface area contributed by atoms with Crippen LogP contribution in [0.3, 0.4) is 0 Å². The lowest BCUT2D eigenvalue weighted by Gasteiger charge is -2.27. The minimum atomic E-state index is -4.81. The molecular weight excluding hydrogens is 275 g/mol. The third-order valence-corrected chi connectivity index (χ3v) is 2.66. The molecule has 1 aromatic carbocycles. The average Bonchev–Trinajstić information content (AvgIpc) is 2.37. The third kappa shape index (κ3) is 4.82. The lowest BCUT2D eigenvalue weighted by atomic mass is 10.2. The van der Waals surface area contributed by atoms with Gasteiger partial charge in [0.25, 0.3) is 5.91 Å². The van der Waals surface area contributed by atoms with Crippen LogP contribution in [0.25, 0.3) is 0 Å². The van der Waals surface area contributed by atoms with E-state index >= 15 is 0 Å². The predicted molar refractivity (Wildman–Crippen MR) is 65.6 cm³/mol. The first-order chi connectivity index (χ1) is 9.21. The monoisotopic (exact) mass is 291 g/mol. The van der Waals surface area contributed by atoms with Crippen molar-refractivity contribution in [1.82, 2.24) is 4.90 Å². The highest BCUT2D eigenvalue weighted by Crippen LogP contribution is 2.21. The van der Waals surface area contributed by atoms with Gasteiger partial charge in [-0.05, 0) is 12.5 Å². The molecule has 2 atom stereocenters. The molecule has 0 aromatic heterocycles. The van der Waals surface area contributed by atoms with Crippen LogP contribution < -0.4 is 0 Å². The van der Waals surface area contributed by atoms with Crippen molar-refractivity contribution in [2.24, 2.45) is 0 Å². The molecule has 0 aliphatic rings. The van der Waals surface area contributed by atoms with Crippen molar-refractivity contribution in [2.45, 2.75) is 31.9 Å². The Hall–Kier alpha value is -1.60. The summed E-state index contributed by atoms with van der Waals surface area (Å²) in [6, 6.07) is 8.38. The van der Waals surface area contributed by atoms with Crippen LogP contribution in [0, 0.1) is 0 Å². The number of carbonyl (C=O) groups excluding carboxylic acids is 1. The second-order valence-electron chi connectivity index (χ2n) is 4.44. The van der Waals surface area contributed by atoms with E-state index in [2.05, 4.69) is 0 Å². The summed E-state index contributed by atoms with van der Waals surface area (Å²) in [6.45, 7) is 0.139. The molecule has 1 rings (SSSR count). The summed E-state index contributed by atoms with van der Waals surface area (Å²) in [7, 11) is 0. The largest absolute Gasteiger partial charge is 0.416 e. The Morgan fingerprint density at radius 1 is 1.25 bits per heavy atom. The summed E-state index contributed by atoms with van der Waals surface area (Å²) < 4.78 is 37.1. The fourth-order valence-corrected chi connectivity index (χ4v) is 1.61. The Kier molecular flexibility index (Phi) is 5.52. The highest BCUT2D eigenvalue weighted by molar-refractivity contribution is 5.80. The highest BCUT2D eigenvalue weighted by Gasteiger charge is 2.40. The number of nitrogens with zero attached hydrogens (tertiary/aromatic N) is 1. The molecule has 0 aliphatic heterocycles. The third-order valence-electron chi connectivity index (χ3n) is 2.66. The maximum atomic E-state index is 12.4. The van der Waals surface area contributed by atoms with Gasteiger partial charge in [-0.3, -0.25) is 4.79 Å². The van der Waals surface area contributed by atoms with E-state index in [0.717, 1.165) is 4.90 Å².